The number of hydrogen-bond donors (Lipinski definition) is 1. The van der Waals surface area contributed by atoms with Crippen LogP contribution >= 0.6 is 0 Å². The number of aryl methyl sites for hydroxylation is 2. The Morgan fingerprint density at radius 2 is 1.88 bits per heavy atom. The molecule has 0 radical (unpaired) electrons. The van der Waals surface area contributed by atoms with Gasteiger partial charge < -0.3 is 9.88 Å². The van der Waals surface area contributed by atoms with E-state index < -0.39 is 0 Å². The standard InChI is InChI=1S/C20H21N3O/c1-14-6-8-18(9-7-14)23-15(2)11-19(16(23)3)20(24)22-13-17-5-4-10-21-12-17/h4-12H,13H2,1-3H3,(H,22,24). The van der Waals surface area contributed by atoms with Crippen molar-refractivity contribution in [2.75, 3.05) is 0 Å². The Kier molecular flexibility index (Phi) is 4.47. The number of pyridine rings is 1. The lowest BCUT2D eigenvalue weighted by Crippen LogP contribution is -2.23. The summed E-state index contributed by atoms with van der Waals surface area (Å²) >= 11 is 0. The highest BCUT2D eigenvalue weighted by Gasteiger charge is 2.16. The molecule has 0 aliphatic heterocycles. The van der Waals surface area contributed by atoms with Crippen molar-refractivity contribution in [2.45, 2.75) is 27.3 Å². The predicted octanol–water partition coefficient (Wildman–Crippen LogP) is 3.73. The Morgan fingerprint density at radius 1 is 1.12 bits per heavy atom. The minimum Gasteiger partial charge on any atom is -0.348 e. The van der Waals surface area contributed by atoms with Crippen LogP contribution in [0.2, 0.25) is 0 Å². The van der Waals surface area contributed by atoms with E-state index in [9.17, 15) is 4.79 Å². The van der Waals surface area contributed by atoms with Crippen molar-refractivity contribution in [1.82, 2.24) is 14.9 Å². The van der Waals surface area contributed by atoms with Crippen LogP contribution in [-0.4, -0.2) is 15.5 Å². The highest BCUT2D eigenvalue weighted by molar-refractivity contribution is 5.95. The minimum atomic E-state index is -0.0645. The maximum Gasteiger partial charge on any atom is 0.253 e. The van der Waals surface area contributed by atoms with E-state index >= 15 is 0 Å². The molecule has 3 aromatic rings. The lowest BCUT2D eigenvalue weighted by molar-refractivity contribution is 0.0950. The maximum atomic E-state index is 12.5. The molecule has 0 saturated carbocycles. The molecule has 2 aromatic heterocycles. The Balaban J connectivity index is 1.83. The average Bonchev–Trinajstić information content (AvgIpc) is 2.89. The zero-order valence-corrected chi connectivity index (χ0v) is 14.2. The third kappa shape index (κ3) is 3.23. The molecule has 0 bridgehead atoms. The highest BCUT2D eigenvalue weighted by atomic mass is 16.1. The molecule has 0 saturated heterocycles. The van der Waals surface area contributed by atoms with Crippen molar-refractivity contribution in [1.29, 1.82) is 0 Å². The van der Waals surface area contributed by atoms with Crippen LogP contribution in [0.3, 0.4) is 0 Å². The molecule has 1 aromatic carbocycles. The summed E-state index contributed by atoms with van der Waals surface area (Å²) in [5.41, 5.74) is 5.97. The molecule has 0 atom stereocenters. The fourth-order valence-corrected chi connectivity index (χ4v) is 2.86. The van der Waals surface area contributed by atoms with E-state index in [0.717, 1.165) is 22.6 Å². The normalized spacial score (nSPS) is 10.6. The van der Waals surface area contributed by atoms with Crippen molar-refractivity contribution in [3.63, 3.8) is 0 Å². The second-order valence-electron chi connectivity index (χ2n) is 6.00. The van der Waals surface area contributed by atoms with Gasteiger partial charge in [-0.3, -0.25) is 9.78 Å². The molecule has 0 spiro atoms. The summed E-state index contributed by atoms with van der Waals surface area (Å²) in [7, 11) is 0. The SMILES string of the molecule is Cc1ccc(-n2c(C)cc(C(=O)NCc3cccnc3)c2C)cc1. The largest absolute Gasteiger partial charge is 0.348 e. The van der Waals surface area contributed by atoms with Gasteiger partial charge in [0.05, 0.1) is 5.56 Å². The molecule has 0 unspecified atom stereocenters. The van der Waals surface area contributed by atoms with Gasteiger partial charge >= 0.3 is 0 Å². The van der Waals surface area contributed by atoms with Crippen LogP contribution in [-0.2, 0) is 6.54 Å². The molecule has 122 valence electrons. The number of nitrogens with zero attached hydrogens (tertiary/aromatic N) is 2. The van der Waals surface area contributed by atoms with E-state index in [4.69, 9.17) is 0 Å². The van der Waals surface area contributed by atoms with E-state index in [2.05, 4.69) is 46.1 Å². The summed E-state index contributed by atoms with van der Waals surface area (Å²) < 4.78 is 2.11. The highest BCUT2D eigenvalue weighted by Crippen LogP contribution is 2.21. The molecule has 1 N–H and O–H groups in total. The molecule has 0 fully saturated rings. The molecule has 0 aliphatic rings. The smallest absolute Gasteiger partial charge is 0.253 e. The van der Waals surface area contributed by atoms with Crippen LogP contribution in [0.4, 0.5) is 0 Å². The topological polar surface area (TPSA) is 46.9 Å². The van der Waals surface area contributed by atoms with Gasteiger partial charge in [0, 0.05) is 36.0 Å². The van der Waals surface area contributed by atoms with Crippen molar-refractivity contribution in [3.05, 3.63) is 82.9 Å². The Morgan fingerprint density at radius 3 is 2.54 bits per heavy atom. The van der Waals surface area contributed by atoms with Gasteiger partial charge in [0.2, 0.25) is 0 Å². The summed E-state index contributed by atoms with van der Waals surface area (Å²) in [6.07, 6.45) is 3.48. The Bertz CT molecular complexity index is 849. The predicted molar refractivity (Wildman–Crippen MR) is 95.4 cm³/mol. The molecule has 3 rings (SSSR count). The van der Waals surface area contributed by atoms with Gasteiger partial charge in [0.15, 0.2) is 0 Å². The van der Waals surface area contributed by atoms with E-state index in [1.807, 2.05) is 32.0 Å². The molecule has 4 nitrogen and oxygen atoms in total. The summed E-state index contributed by atoms with van der Waals surface area (Å²) in [4.78, 5) is 16.6. The van der Waals surface area contributed by atoms with Crippen LogP contribution < -0.4 is 5.32 Å². The first kappa shape index (κ1) is 16.0. The second kappa shape index (κ2) is 6.71. The molecule has 0 aliphatic carbocycles. The number of nitrogens with one attached hydrogen (secondary N) is 1. The average molecular weight is 319 g/mol. The number of aromatic nitrogens is 2. The monoisotopic (exact) mass is 319 g/mol. The first-order valence-electron chi connectivity index (χ1n) is 7.99. The van der Waals surface area contributed by atoms with E-state index in [1.54, 1.807) is 12.4 Å². The van der Waals surface area contributed by atoms with Crippen molar-refractivity contribution in [2.24, 2.45) is 0 Å². The molecule has 4 heteroatoms. The number of benzene rings is 1. The first-order chi connectivity index (χ1) is 11.6. The van der Waals surface area contributed by atoms with E-state index in [0.29, 0.717) is 12.1 Å². The van der Waals surface area contributed by atoms with Gasteiger partial charge in [0.1, 0.15) is 0 Å². The zero-order valence-electron chi connectivity index (χ0n) is 14.2. The molecular weight excluding hydrogens is 298 g/mol. The van der Waals surface area contributed by atoms with Crippen molar-refractivity contribution in [3.8, 4) is 5.69 Å². The van der Waals surface area contributed by atoms with Gasteiger partial charge in [-0.15, -0.1) is 0 Å². The van der Waals surface area contributed by atoms with Crippen LogP contribution in [0.5, 0.6) is 0 Å². The lowest BCUT2D eigenvalue weighted by atomic mass is 10.2. The number of carbonyl (C=O) groups excluding carboxylic acids is 1. The van der Waals surface area contributed by atoms with Gasteiger partial charge in [-0.1, -0.05) is 23.8 Å². The van der Waals surface area contributed by atoms with Gasteiger partial charge in [0.25, 0.3) is 5.91 Å². The number of amides is 1. The third-order valence-electron chi connectivity index (χ3n) is 4.14. The summed E-state index contributed by atoms with van der Waals surface area (Å²) in [6, 6.07) is 14.1. The van der Waals surface area contributed by atoms with Crippen molar-refractivity contribution >= 4 is 5.91 Å². The third-order valence-corrected chi connectivity index (χ3v) is 4.14. The van der Waals surface area contributed by atoms with Crippen LogP contribution in [0.1, 0.15) is 32.9 Å². The lowest BCUT2D eigenvalue weighted by Gasteiger charge is -2.10. The second-order valence-corrected chi connectivity index (χ2v) is 6.00. The van der Waals surface area contributed by atoms with Gasteiger partial charge in [-0.25, -0.2) is 0 Å². The van der Waals surface area contributed by atoms with Crippen LogP contribution in [0.25, 0.3) is 5.69 Å². The summed E-state index contributed by atoms with van der Waals surface area (Å²) in [6.45, 7) is 6.54. The molecule has 1 amide bonds. The van der Waals surface area contributed by atoms with E-state index in [1.165, 1.54) is 5.56 Å². The van der Waals surface area contributed by atoms with Crippen molar-refractivity contribution < 1.29 is 4.79 Å². The first-order valence-corrected chi connectivity index (χ1v) is 7.99. The quantitative estimate of drug-likeness (QED) is 0.796. The number of carbonyl (C=O) groups is 1. The minimum absolute atomic E-state index is 0.0645. The Labute approximate surface area is 142 Å². The summed E-state index contributed by atoms with van der Waals surface area (Å²) in [5.74, 6) is -0.0645. The van der Waals surface area contributed by atoms with Gasteiger partial charge in [-0.05, 0) is 50.6 Å². The number of hydrogen-bond acceptors (Lipinski definition) is 2. The number of rotatable bonds is 4. The Hall–Kier alpha value is -2.88. The van der Waals surface area contributed by atoms with Crippen LogP contribution in [0.15, 0.2) is 54.9 Å². The fraction of sp³-hybridized carbons (Fsp3) is 0.200. The molecule has 24 heavy (non-hydrogen) atoms. The zero-order chi connectivity index (χ0) is 17.1. The van der Waals surface area contributed by atoms with E-state index in [-0.39, 0.29) is 5.91 Å². The van der Waals surface area contributed by atoms with Crippen LogP contribution in [0, 0.1) is 20.8 Å². The fourth-order valence-electron chi connectivity index (χ4n) is 2.86. The summed E-state index contributed by atoms with van der Waals surface area (Å²) in [5, 5.41) is 2.96. The molecular formula is C20H21N3O. The maximum absolute atomic E-state index is 12.5. The van der Waals surface area contributed by atoms with Gasteiger partial charge in [-0.2, -0.15) is 0 Å². The molecule has 2 heterocycles.